The zero-order valence-electron chi connectivity index (χ0n) is 11.2. The predicted molar refractivity (Wildman–Crippen MR) is 75.6 cm³/mol. The van der Waals surface area contributed by atoms with Crippen LogP contribution in [-0.4, -0.2) is 28.3 Å². The van der Waals surface area contributed by atoms with E-state index in [1.54, 1.807) is 6.07 Å². The van der Waals surface area contributed by atoms with Gasteiger partial charge in [-0.05, 0) is 30.9 Å². The Hall–Kier alpha value is -0.910. The average Bonchev–Trinajstić information content (AvgIpc) is 2.85. The Morgan fingerprint density at radius 1 is 1.58 bits per heavy atom. The maximum atomic E-state index is 10.8. The van der Waals surface area contributed by atoms with Crippen LogP contribution in [0.3, 0.4) is 0 Å². The number of carbonyl (C=O) groups is 1. The summed E-state index contributed by atoms with van der Waals surface area (Å²) in [6, 6.07) is 3.48. The first-order chi connectivity index (χ1) is 9.04. The summed E-state index contributed by atoms with van der Waals surface area (Å²) in [5.74, 6) is -0.245. The van der Waals surface area contributed by atoms with Gasteiger partial charge in [0, 0.05) is 17.0 Å². The predicted octanol–water partition coefficient (Wildman–Crippen LogP) is 2.48. The lowest BCUT2D eigenvalue weighted by atomic mass is 9.77. The lowest BCUT2D eigenvalue weighted by Gasteiger charge is -2.39. The number of hydrogen-bond acceptors (Lipinski definition) is 4. The van der Waals surface area contributed by atoms with Crippen LogP contribution >= 0.6 is 11.3 Å². The van der Waals surface area contributed by atoms with Crippen LogP contribution < -0.4 is 5.32 Å². The largest absolute Gasteiger partial charge is 0.477 e. The van der Waals surface area contributed by atoms with Crippen molar-refractivity contribution in [1.29, 1.82) is 0 Å². The standard InChI is InChI=1S/C14H21NO3S/c1-10-3-2-6-14(7-10,9-16)15-8-11-4-5-12(19-11)13(17)18/h4-5,10,15-16H,2-3,6-9H2,1H3,(H,17,18). The molecule has 2 rings (SSSR count). The summed E-state index contributed by atoms with van der Waals surface area (Å²) in [6.07, 6.45) is 4.34. The van der Waals surface area contributed by atoms with Crippen LogP contribution in [0.2, 0.25) is 0 Å². The van der Waals surface area contributed by atoms with Crippen molar-refractivity contribution in [3.05, 3.63) is 21.9 Å². The summed E-state index contributed by atoms with van der Waals surface area (Å²) in [7, 11) is 0. The Kier molecular flexibility index (Phi) is 4.60. The average molecular weight is 283 g/mol. The van der Waals surface area contributed by atoms with Crippen molar-refractivity contribution in [2.24, 2.45) is 5.92 Å². The van der Waals surface area contributed by atoms with Crippen molar-refractivity contribution in [3.63, 3.8) is 0 Å². The van der Waals surface area contributed by atoms with Crippen molar-refractivity contribution >= 4 is 17.3 Å². The number of aliphatic hydroxyl groups is 1. The number of aliphatic hydroxyl groups excluding tert-OH is 1. The Labute approximate surface area is 117 Å². The molecule has 3 N–H and O–H groups in total. The van der Waals surface area contributed by atoms with Gasteiger partial charge in [-0.2, -0.15) is 0 Å². The third-order valence-electron chi connectivity index (χ3n) is 3.90. The van der Waals surface area contributed by atoms with Gasteiger partial charge in [0.15, 0.2) is 0 Å². The van der Waals surface area contributed by atoms with E-state index in [0.717, 1.165) is 24.1 Å². The van der Waals surface area contributed by atoms with Crippen molar-refractivity contribution < 1.29 is 15.0 Å². The van der Waals surface area contributed by atoms with Crippen molar-refractivity contribution in [3.8, 4) is 0 Å². The molecular weight excluding hydrogens is 262 g/mol. The topological polar surface area (TPSA) is 69.6 Å². The first kappa shape index (κ1) is 14.5. The van der Waals surface area contributed by atoms with Crippen LogP contribution in [0.15, 0.2) is 12.1 Å². The number of hydrogen-bond donors (Lipinski definition) is 3. The summed E-state index contributed by atoms with van der Waals surface area (Å²) < 4.78 is 0. The quantitative estimate of drug-likeness (QED) is 0.776. The summed E-state index contributed by atoms with van der Waals surface area (Å²) in [6.45, 7) is 3.00. The van der Waals surface area contributed by atoms with Crippen LogP contribution in [0.25, 0.3) is 0 Å². The maximum Gasteiger partial charge on any atom is 0.345 e. The van der Waals surface area contributed by atoms with Gasteiger partial charge in [-0.3, -0.25) is 0 Å². The molecule has 1 fully saturated rings. The number of carboxylic acids is 1. The molecule has 1 saturated carbocycles. The molecule has 0 aliphatic heterocycles. The molecule has 4 nitrogen and oxygen atoms in total. The molecule has 2 unspecified atom stereocenters. The highest BCUT2D eigenvalue weighted by molar-refractivity contribution is 7.13. The van der Waals surface area contributed by atoms with E-state index in [9.17, 15) is 9.90 Å². The van der Waals surface area contributed by atoms with Gasteiger partial charge >= 0.3 is 5.97 Å². The Morgan fingerprint density at radius 3 is 2.95 bits per heavy atom. The van der Waals surface area contributed by atoms with E-state index >= 15 is 0 Å². The van der Waals surface area contributed by atoms with E-state index < -0.39 is 5.97 Å². The fourth-order valence-corrected chi connectivity index (χ4v) is 3.67. The van der Waals surface area contributed by atoms with E-state index in [1.165, 1.54) is 17.8 Å². The SMILES string of the molecule is CC1CCCC(CO)(NCc2ccc(C(=O)O)s2)C1. The molecule has 2 atom stereocenters. The van der Waals surface area contributed by atoms with Crippen LogP contribution in [0, 0.1) is 5.92 Å². The Balaban J connectivity index is 1.97. The Bertz CT molecular complexity index is 446. The monoisotopic (exact) mass is 283 g/mol. The van der Waals surface area contributed by atoms with E-state index in [-0.39, 0.29) is 12.1 Å². The second-order valence-electron chi connectivity index (χ2n) is 5.56. The summed E-state index contributed by atoms with van der Waals surface area (Å²) in [5, 5.41) is 22.0. The molecule has 1 aromatic heterocycles. The highest BCUT2D eigenvalue weighted by Gasteiger charge is 2.33. The van der Waals surface area contributed by atoms with Gasteiger partial charge < -0.3 is 15.5 Å². The van der Waals surface area contributed by atoms with E-state index in [1.807, 2.05) is 6.07 Å². The molecule has 1 aromatic rings. The number of aromatic carboxylic acids is 1. The van der Waals surface area contributed by atoms with Gasteiger partial charge in [-0.25, -0.2) is 4.79 Å². The highest BCUT2D eigenvalue weighted by atomic mass is 32.1. The fourth-order valence-electron chi connectivity index (χ4n) is 2.88. The number of carboxylic acid groups (broad SMARTS) is 1. The molecule has 106 valence electrons. The zero-order valence-corrected chi connectivity index (χ0v) is 12.0. The normalized spacial score (nSPS) is 27.4. The Morgan fingerprint density at radius 2 is 2.37 bits per heavy atom. The lowest BCUT2D eigenvalue weighted by Crippen LogP contribution is -2.50. The second kappa shape index (κ2) is 6.03. The molecule has 1 heterocycles. The van der Waals surface area contributed by atoms with Gasteiger partial charge in [0.2, 0.25) is 0 Å². The first-order valence-corrected chi connectivity index (χ1v) is 7.54. The summed E-state index contributed by atoms with van der Waals surface area (Å²) >= 11 is 1.30. The number of rotatable bonds is 5. The van der Waals surface area contributed by atoms with Crippen LogP contribution in [0.5, 0.6) is 0 Å². The molecule has 1 aliphatic rings. The summed E-state index contributed by atoms with van der Waals surface area (Å²) in [4.78, 5) is 12.2. The maximum absolute atomic E-state index is 10.8. The number of thiophene rings is 1. The zero-order chi connectivity index (χ0) is 13.9. The van der Waals surface area contributed by atoms with Crippen LogP contribution in [-0.2, 0) is 6.54 Å². The van der Waals surface area contributed by atoms with Crippen LogP contribution in [0.1, 0.15) is 47.2 Å². The minimum Gasteiger partial charge on any atom is -0.477 e. The molecule has 19 heavy (non-hydrogen) atoms. The lowest BCUT2D eigenvalue weighted by molar-refractivity contribution is 0.0702. The van der Waals surface area contributed by atoms with Crippen molar-refractivity contribution in [2.75, 3.05) is 6.61 Å². The number of nitrogens with one attached hydrogen (secondary N) is 1. The molecule has 0 aromatic carbocycles. The third kappa shape index (κ3) is 3.55. The fraction of sp³-hybridized carbons (Fsp3) is 0.643. The molecule has 1 aliphatic carbocycles. The molecule has 5 heteroatoms. The van der Waals surface area contributed by atoms with E-state index in [2.05, 4.69) is 12.2 Å². The molecular formula is C14H21NO3S. The van der Waals surface area contributed by atoms with Crippen molar-refractivity contribution in [2.45, 2.75) is 44.7 Å². The first-order valence-electron chi connectivity index (χ1n) is 6.72. The van der Waals surface area contributed by atoms with Gasteiger partial charge in [-0.15, -0.1) is 11.3 Å². The van der Waals surface area contributed by atoms with Gasteiger partial charge in [0.05, 0.1) is 6.61 Å². The summed E-state index contributed by atoms with van der Waals surface area (Å²) in [5.41, 5.74) is -0.189. The van der Waals surface area contributed by atoms with E-state index in [4.69, 9.17) is 5.11 Å². The van der Waals surface area contributed by atoms with Crippen molar-refractivity contribution in [1.82, 2.24) is 5.32 Å². The van der Waals surface area contributed by atoms with Gasteiger partial charge in [0.1, 0.15) is 4.88 Å². The molecule has 0 saturated heterocycles. The third-order valence-corrected chi connectivity index (χ3v) is 4.98. The minimum atomic E-state index is -0.876. The molecule has 0 spiro atoms. The van der Waals surface area contributed by atoms with Crippen LogP contribution in [0.4, 0.5) is 0 Å². The highest BCUT2D eigenvalue weighted by Crippen LogP contribution is 2.32. The van der Waals surface area contributed by atoms with E-state index in [0.29, 0.717) is 17.3 Å². The smallest absolute Gasteiger partial charge is 0.345 e. The molecule has 0 amide bonds. The minimum absolute atomic E-state index is 0.147. The van der Waals surface area contributed by atoms with Gasteiger partial charge in [-0.1, -0.05) is 19.8 Å². The molecule has 0 radical (unpaired) electrons. The van der Waals surface area contributed by atoms with Gasteiger partial charge in [0.25, 0.3) is 0 Å². The second-order valence-corrected chi connectivity index (χ2v) is 6.73. The molecule has 0 bridgehead atoms.